The highest BCUT2D eigenvalue weighted by Gasteiger charge is 2.04. The van der Waals surface area contributed by atoms with Crippen molar-refractivity contribution < 1.29 is 10.0 Å². The van der Waals surface area contributed by atoms with Crippen LogP contribution >= 0.6 is 0 Å². The van der Waals surface area contributed by atoms with Crippen molar-refractivity contribution in [2.24, 2.45) is 0 Å². The van der Waals surface area contributed by atoms with Crippen molar-refractivity contribution >= 4 is 29.4 Å². The van der Waals surface area contributed by atoms with E-state index in [2.05, 4.69) is 5.32 Å². The van der Waals surface area contributed by atoms with Crippen molar-refractivity contribution in [2.75, 3.05) is 10.5 Å². The predicted molar refractivity (Wildman–Crippen MR) is 83.7 cm³/mol. The van der Waals surface area contributed by atoms with Crippen LogP contribution in [-0.4, -0.2) is 11.1 Å². The molecule has 108 valence electrons. The molecule has 0 unspecified atom stereocenters. The van der Waals surface area contributed by atoms with Crippen LogP contribution in [0.5, 0.6) is 0 Å². The second-order valence-electron chi connectivity index (χ2n) is 4.47. The summed E-state index contributed by atoms with van der Waals surface area (Å²) in [6.07, 6.45) is 3.56. The van der Waals surface area contributed by atoms with E-state index in [4.69, 9.17) is 0 Å². The van der Waals surface area contributed by atoms with Crippen LogP contribution < -0.4 is 10.5 Å². The topological polar surface area (TPSA) is 75.6 Å². The minimum absolute atomic E-state index is 0.0634. The van der Waals surface area contributed by atoms with E-state index in [1.54, 1.807) is 18.2 Å². The maximum Gasteiger partial charge on any atom is 0.221 e. The Bertz CT molecular complexity index is 652. The molecule has 1 amide bonds. The summed E-state index contributed by atoms with van der Waals surface area (Å²) in [6, 6.07) is 14.3. The van der Waals surface area contributed by atoms with Gasteiger partial charge in [0.25, 0.3) is 0 Å². The molecule has 0 radical (unpaired) electrons. The van der Waals surface area contributed by atoms with Gasteiger partial charge in [-0.15, -0.1) is 0 Å². The second kappa shape index (κ2) is 6.69. The third-order valence-electron chi connectivity index (χ3n) is 2.81. The van der Waals surface area contributed by atoms with Crippen LogP contribution in [-0.2, 0) is 4.79 Å². The predicted octanol–water partition coefficient (Wildman–Crippen LogP) is 3.51. The molecular weight excluding hydrogens is 268 g/mol. The Hall–Kier alpha value is -2.63. The van der Waals surface area contributed by atoms with Gasteiger partial charge in [-0.1, -0.05) is 48.6 Å². The number of nitrogens with one attached hydrogen (secondary N) is 1. The van der Waals surface area contributed by atoms with Gasteiger partial charge in [-0.05, 0) is 23.3 Å². The van der Waals surface area contributed by atoms with Crippen molar-refractivity contribution in [3.05, 3.63) is 64.9 Å². The quantitative estimate of drug-likeness (QED) is 0.665. The number of hydrogen-bond donors (Lipinski definition) is 2. The van der Waals surface area contributed by atoms with Gasteiger partial charge >= 0.3 is 0 Å². The maximum absolute atomic E-state index is 11.2. The average molecular weight is 283 g/mol. The van der Waals surface area contributed by atoms with Crippen molar-refractivity contribution in [1.29, 1.82) is 0 Å². The molecule has 0 heterocycles. The Morgan fingerprint density at radius 2 is 1.90 bits per heavy atom. The molecule has 5 nitrogen and oxygen atoms in total. The van der Waals surface area contributed by atoms with E-state index in [0.717, 1.165) is 5.56 Å². The Balaban J connectivity index is 2.30. The van der Waals surface area contributed by atoms with Crippen molar-refractivity contribution in [2.45, 2.75) is 6.92 Å². The van der Waals surface area contributed by atoms with Gasteiger partial charge < -0.3 is 15.8 Å². The standard InChI is InChI=1S/C16H15N2O3/c1-12(19)17-15-10-9-14(16(11-15)18(20)21)8-7-13-5-3-2-4-6-13/h2-11,20H,1H3,(H,17,19)/q-1. The van der Waals surface area contributed by atoms with Crippen LogP contribution in [0.25, 0.3) is 12.2 Å². The first-order valence-electron chi connectivity index (χ1n) is 6.37. The molecule has 2 rings (SSSR count). The molecule has 0 aromatic heterocycles. The number of carbonyl (C=O) groups is 1. The third kappa shape index (κ3) is 4.17. The first-order chi connectivity index (χ1) is 10.1. The number of benzene rings is 2. The molecule has 0 saturated heterocycles. The summed E-state index contributed by atoms with van der Waals surface area (Å²) in [5.41, 5.74) is 2.04. The van der Waals surface area contributed by atoms with Crippen LogP contribution in [0.15, 0.2) is 48.5 Å². The van der Waals surface area contributed by atoms with Gasteiger partial charge in [0.2, 0.25) is 5.91 Å². The Labute approximate surface area is 122 Å². The van der Waals surface area contributed by atoms with Crippen molar-refractivity contribution in [1.82, 2.24) is 0 Å². The highest BCUT2D eigenvalue weighted by molar-refractivity contribution is 5.90. The van der Waals surface area contributed by atoms with Crippen molar-refractivity contribution in [3.8, 4) is 0 Å². The zero-order valence-corrected chi connectivity index (χ0v) is 11.5. The maximum atomic E-state index is 11.2. The molecule has 2 aromatic carbocycles. The molecule has 0 aliphatic carbocycles. The zero-order chi connectivity index (χ0) is 15.2. The van der Waals surface area contributed by atoms with Gasteiger partial charge in [0.05, 0.1) is 5.69 Å². The van der Waals surface area contributed by atoms with E-state index >= 15 is 0 Å². The lowest BCUT2D eigenvalue weighted by atomic mass is 10.1. The van der Waals surface area contributed by atoms with Gasteiger partial charge in [-0.3, -0.25) is 10.0 Å². The first kappa shape index (κ1) is 14.8. The Morgan fingerprint density at radius 1 is 1.19 bits per heavy atom. The first-order valence-corrected chi connectivity index (χ1v) is 6.37. The van der Waals surface area contributed by atoms with Gasteiger partial charge in [-0.25, -0.2) is 0 Å². The molecule has 0 bridgehead atoms. The average Bonchev–Trinajstić information content (AvgIpc) is 2.46. The molecule has 0 aliphatic rings. The molecule has 0 saturated carbocycles. The van der Waals surface area contributed by atoms with Crippen LogP contribution in [0.3, 0.4) is 0 Å². The lowest BCUT2D eigenvalue weighted by Crippen LogP contribution is -2.11. The summed E-state index contributed by atoms with van der Waals surface area (Å²) < 4.78 is 0. The SMILES string of the molecule is CC(=O)Nc1ccc(C=Cc2ccccc2)c(N([O-])O)c1. The second-order valence-corrected chi connectivity index (χ2v) is 4.47. The number of hydrogen-bond acceptors (Lipinski definition) is 4. The summed E-state index contributed by atoms with van der Waals surface area (Å²) in [7, 11) is 0. The molecular formula is C16H15N2O3-. The molecule has 21 heavy (non-hydrogen) atoms. The normalized spacial score (nSPS) is 10.6. The molecule has 0 atom stereocenters. The summed E-state index contributed by atoms with van der Waals surface area (Å²) >= 11 is 0. The zero-order valence-electron chi connectivity index (χ0n) is 11.5. The van der Waals surface area contributed by atoms with Gasteiger partial charge in [-0.2, -0.15) is 0 Å². The van der Waals surface area contributed by atoms with Crippen LogP contribution in [0, 0.1) is 5.21 Å². The van der Waals surface area contributed by atoms with E-state index in [9.17, 15) is 15.2 Å². The highest BCUT2D eigenvalue weighted by Crippen LogP contribution is 2.25. The lowest BCUT2D eigenvalue weighted by Gasteiger charge is -2.24. The molecule has 0 spiro atoms. The summed E-state index contributed by atoms with van der Waals surface area (Å²) in [6.45, 7) is 1.37. The fraction of sp³-hybridized carbons (Fsp3) is 0.0625. The van der Waals surface area contributed by atoms with Crippen LogP contribution in [0.4, 0.5) is 11.4 Å². The van der Waals surface area contributed by atoms with E-state index in [1.807, 2.05) is 36.4 Å². The minimum atomic E-state index is -0.246. The van der Waals surface area contributed by atoms with E-state index < -0.39 is 0 Å². The fourth-order valence-corrected chi connectivity index (χ4v) is 1.88. The highest BCUT2D eigenvalue weighted by atomic mass is 16.8. The number of anilines is 2. The number of amides is 1. The Morgan fingerprint density at radius 3 is 2.52 bits per heavy atom. The van der Waals surface area contributed by atoms with Crippen LogP contribution in [0.1, 0.15) is 18.1 Å². The smallest absolute Gasteiger partial charge is 0.221 e. The Kier molecular flexibility index (Phi) is 4.71. The van der Waals surface area contributed by atoms with Crippen LogP contribution in [0.2, 0.25) is 0 Å². The number of nitrogens with zero attached hydrogens (tertiary/aromatic N) is 1. The third-order valence-corrected chi connectivity index (χ3v) is 2.81. The minimum Gasteiger partial charge on any atom is -0.733 e. The summed E-state index contributed by atoms with van der Waals surface area (Å²) in [5.74, 6) is -0.246. The molecule has 5 heteroatoms. The van der Waals surface area contributed by atoms with Crippen molar-refractivity contribution in [3.63, 3.8) is 0 Å². The molecule has 0 aliphatic heterocycles. The lowest BCUT2D eigenvalue weighted by molar-refractivity contribution is -0.114. The molecule has 0 fully saturated rings. The summed E-state index contributed by atoms with van der Waals surface area (Å²) in [4.78, 5) is 11.0. The van der Waals surface area contributed by atoms with Gasteiger partial charge in [0.15, 0.2) is 0 Å². The van der Waals surface area contributed by atoms with E-state index in [0.29, 0.717) is 11.3 Å². The number of rotatable bonds is 4. The summed E-state index contributed by atoms with van der Waals surface area (Å²) in [5, 5.41) is 22.8. The fourth-order valence-electron chi connectivity index (χ4n) is 1.88. The van der Waals surface area contributed by atoms with E-state index in [1.165, 1.54) is 13.0 Å². The van der Waals surface area contributed by atoms with Gasteiger partial charge in [0.1, 0.15) is 0 Å². The van der Waals surface area contributed by atoms with Gasteiger partial charge in [0, 0.05) is 12.6 Å². The monoisotopic (exact) mass is 283 g/mol. The number of carbonyl (C=O) groups excluding carboxylic acids is 1. The van der Waals surface area contributed by atoms with E-state index in [-0.39, 0.29) is 16.8 Å². The largest absolute Gasteiger partial charge is 0.733 e. The molecule has 2 N–H and O–H groups in total. The molecule has 2 aromatic rings.